The van der Waals surface area contributed by atoms with Gasteiger partial charge in [0.15, 0.2) is 6.29 Å². The Labute approximate surface area is 211 Å². The quantitative estimate of drug-likeness (QED) is 0.159. The van der Waals surface area contributed by atoms with Gasteiger partial charge in [-0.3, -0.25) is 19.1 Å². The van der Waals surface area contributed by atoms with Crippen LogP contribution in [0.1, 0.15) is 66.3 Å². The first-order valence-electron chi connectivity index (χ1n) is 12.4. The van der Waals surface area contributed by atoms with Crippen LogP contribution in [0, 0.1) is 11.7 Å². The van der Waals surface area contributed by atoms with E-state index in [9.17, 15) is 18.8 Å². The number of nitrogens with two attached hydrogens (primary N) is 1. The molecular weight excluding hydrogens is 461 g/mol. The zero-order valence-electron chi connectivity index (χ0n) is 21.1. The molecule has 3 aromatic rings. The monoisotopic (exact) mass is 495 g/mol. The smallest absolute Gasteiger partial charge is 0.257 e. The molecule has 1 atom stereocenters. The number of nitrogens with zero attached hydrogens (tertiary/aromatic N) is 2. The van der Waals surface area contributed by atoms with Crippen molar-refractivity contribution in [3.8, 4) is 5.75 Å². The average Bonchev–Trinajstić information content (AvgIpc) is 3.22. The van der Waals surface area contributed by atoms with Crippen LogP contribution >= 0.6 is 0 Å². The third-order valence-electron chi connectivity index (χ3n) is 6.49. The maximum Gasteiger partial charge on any atom is 0.257 e. The van der Waals surface area contributed by atoms with E-state index < -0.39 is 5.78 Å². The molecule has 1 amide bonds. The Morgan fingerprint density at radius 1 is 1.14 bits per heavy atom. The molecule has 2 N–H and O–H groups in total. The number of halogens is 1. The molecule has 0 saturated heterocycles. The molecule has 0 aliphatic rings. The number of nitrogen functional groups attached to an aromatic ring is 1. The van der Waals surface area contributed by atoms with Crippen LogP contribution < -0.4 is 10.6 Å². The Balaban J connectivity index is 1.87. The molecule has 7 nitrogen and oxygen atoms in total. The molecule has 1 heterocycles. The van der Waals surface area contributed by atoms with Crippen molar-refractivity contribution in [3.63, 3.8) is 0 Å². The van der Waals surface area contributed by atoms with Gasteiger partial charge in [0.2, 0.25) is 5.78 Å². The van der Waals surface area contributed by atoms with Crippen LogP contribution in [0.15, 0.2) is 42.6 Å². The van der Waals surface area contributed by atoms with Gasteiger partial charge in [0, 0.05) is 30.7 Å². The number of aldehydes is 1. The van der Waals surface area contributed by atoms with Crippen LogP contribution in [0.3, 0.4) is 0 Å². The average molecular weight is 496 g/mol. The SMILES string of the molecule is CCCOc1cc2c(cc1C(=O)N(CC)CCC(CC)Cc1ccc(F)cc1)c(C(=O)C=O)cn2N. The van der Waals surface area contributed by atoms with E-state index in [0.29, 0.717) is 47.8 Å². The summed E-state index contributed by atoms with van der Waals surface area (Å²) in [6.45, 7) is 7.45. The number of fused-ring (bicyclic) bond motifs is 1. The molecule has 3 rings (SSSR count). The minimum atomic E-state index is -0.705. The van der Waals surface area contributed by atoms with Crippen molar-refractivity contribution < 1.29 is 23.5 Å². The normalized spacial score (nSPS) is 11.9. The Morgan fingerprint density at radius 3 is 2.47 bits per heavy atom. The molecule has 0 aliphatic heterocycles. The molecule has 0 radical (unpaired) electrons. The van der Waals surface area contributed by atoms with E-state index in [0.717, 1.165) is 31.2 Å². The van der Waals surface area contributed by atoms with Crippen molar-refractivity contribution in [2.24, 2.45) is 5.92 Å². The van der Waals surface area contributed by atoms with Gasteiger partial charge in [-0.05, 0) is 55.9 Å². The highest BCUT2D eigenvalue weighted by atomic mass is 19.1. The fraction of sp³-hybridized carbons (Fsp3) is 0.393. The summed E-state index contributed by atoms with van der Waals surface area (Å²) in [5.74, 6) is 5.58. The number of ether oxygens (including phenoxy) is 1. The maximum absolute atomic E-state index is 13.7. The van der Waals surface area contributed by atoms with Crippen LogP contribution in [-0.2, 0) is 11.2 Å². The predicted octanol–water partition coefficient (Wildman–Crippen LogP) is 4.79. The summed E-state index contributed by atoms with van der Waals surface area (Å²) < 4.78 is 20.4. The summed E-state index contributed by atoms with van der Waals surface area (Å²) in [5, 5.41) is 0.431. The summed E-state index contributed by atoms with van der Waals surface area (Å²) in [6.07, 6.45) is 4.90. The van der Waals surface area contributed by atoms with E-state index in [-0.39, 0.29) is 23.6 Å². The Kier molecular flexibility index (Phi) is 9.22. The maximum atomic E-state index is 13.7. The largest absolute Gasteiger partial charge is 0.493 e. The van der Waals surface area contributed by atoms with Gasteiger partial charge in [-0.25, -0.2) is 4.39 Å². The van der Waals surface area contributed by atoms with E-state index >= 15 is 0 Å². The van der Waals surface area contributed by atoms with Crippen molar-refractivity contribution >= 4 is 28.9 Å². The van der Waals surface area contributed by atoms with Crippen molar-refractivity contribution in [2.45, 2.75) is 46.5 Å². The molecule has 8 heteroatoms. The first-order chi connectivity index (χ1) is 17.3. The van der Waals surface area contributed by atoms with Gasteiger partial charge in [0.05, 0.1) is 23.3 Å². The molecule has 0 aliphatic carbocycles. The number of amides is 1. The number of carbonyl (C=O) groups is 3. The van der Waals surface area contributed by atoms with Gasteiger partial charge < -0.3 is 15.5 Å². The van der Waals surface area contributed by atoms with Crippen molar-refractivity contribution in [2.75, 3.05) is 25.5 Å². The second-order valence-electron chi connectivity index (χ2n) is 8.92. The highest BCUT2D eigenvalue weighted by molar-refractivity contribution is 6.36. The van der Waals surface area contributed by atoms with Gasteiger partial charge in [-0.15, -0.1) is 0 Å². The fourth-order valence-corrected chi connectivity index (χ4v) is 4.35. The second kappa shape index (κ2) is 12.3. The van der Waals surface area contributed by atoms with Crippen LogP contribution in [0.25, 0.3) is 10.9 Å². The highest BCUT2D eigenvalue weighted by Gasteiger charge is 2.24. The van der Waals surface area contributed by atoms with Crippen molar-refractivity contribution in [3.05, 3.63) is 65.1 Å². The number of rotatable bonds is 13. The summed E-state index contributed by atoms with van der Waals surface area (Å²) >= 11 is 0. The van der Waals surface area contributed by atoms with Crippen molar-refractivity contribution in [1.29, 1.82) is 0 Å². The van der Waals surface area contributed by atoms with Crippen LogP contribution in [-0.4, -0.2) is 47.2 Å². The highest BCUT2D eigenvalue weighted by Crippen LogP contribution is 2.31. The molecule has 2 aromatic carbocycles. The third-order valence-corrected chi connectivity index (χ3v) is 6.49. The predicted molar refractivity (Wildman–Crippen MR) is 138 cm³/mol. The molecule has 0 spiro atoms. The first-order valence-corrected chi connectivity index (χ1v) is 12.4. The minimum Gasteiger partial charge on any atom is -0.493 e. The lowest BCUT2D eigenvalue weighted by atomic mass is 9.93. The van der Waals surface area contributed by atoms with Gasteiger partial charge in [0.25, 0.3) is 5.91 Å². The number of hydrogen-bond acceptors (Lipinski definition) is 5. The number of benzene rings is 2. The summed E-state index contributed by atoms with van der Waals surface area (Å²) in [5.41, 5.74) is 2.04. The Morgan fingerprint density at radius 2 is 1.86 bits per heavy atom. The summed E-state index contributed by atoms with van der Waals surface area (Å²) in [6, 6.07) is 9.79. The zero-order chi connectivity index (χ0) is 26.2. The lowest BCUT2D eigenvalue weighted by Gasteiger charge is -2.25. The lowest BCUT2D eigenvalue weighted by Crippen LogP contribution is -2.33. The molecule has 192 valence electrons. The molecular formula is C28H34FN3O4. The molecule has 0 saturated carbocycles. The van der Waals surface area contributed by atoms with Gasteiger partial charge in [0.1, 0.15) is 11.6 Å². The van der Waals surface area contributed by atoms with Crippen LogP contribution in [0.4, 0.5) is 4.39 Å². The molecule has 0 bridgehead atoms. The molecule has 1 aromatic heterocycles. The lowest BCUT2D eigenvalue weighted by molar-refractivity contribution is -0.104. The van der Waals surface area contributed by atoms with E-state index in [1.165, 1.54) is 23.0 Å². The van der Waals surface area contributed by atoms with Crippen LogP contribution in [0.5, 0.6) is 5.75 Å². The number of hydrogen-bond donors (Lipinski definition) is 1. The molecule has 0 fully saturated rings. The number of aromatic nitrogens is 1. The first kappa shape index (κ1) is 26.9. The topological polar surface area (TPSA) is 94.6 Å². The van der Waals surface area contributed by atoms with E-state index in [4.69, 9.17) is 10.6 Å². The summed E-state index contributed by atoms with van der Waals surface area (Å²) in [4.78, 5) is 38.7. The number of Topliss-reactive ketones (excluding diaryl/α,β-unsaturated/α-hetero) is 1. The number of ketones is 1. The molecule has 1 unspecified atom stereocenters. The fourth-order valence-electron chi connectivity index (χ4n) is 4.35. The van der Waals surface area contributed by atoms with E-state index in [1.54, 1.807) is 29.2 Å². The second-order valence-corrected chi connectivity index (χ2v) is 8.92. The van der Waals surface area contributed by atoms with Gasteiger partial charge in [-0.1, -0.05) is 32.4 Å². The standard InChI is InChI=1S/C28H34FN3O4/c1-4-13-36-27-16-25-22(24(17-32(25)30)26(34)18-33)15-23(27)28(35)31(6-3)12-11-19(5-2)14-20-7-9-21(29)10-8-20/h7-10,15-19H,4-6,11-14,30H2,1-3H3. The zero-order valence-corrected chi connectivity index (χ0v) is 21.1. The summed E-state index contributed by atoms with van der Waals surface area (Å²) in [7, 11) is 0. The number of carbonyl (C=O) groups excluding carboxylic acids is 3. The van der Waals surface area contributed by atoms with Gasteiger partial charge >= 0.3 is 0 Å². The molecule has 36 heavy (non-hydrogen) atoms. The Bertz CT molecular complexity index is 1220. The van der Waals surface area contributed by atoms with Crippen molar-refractivity contribution in [1.82, 2.24) is 9.58 Å². The minimum absolute atomic E-state index is 0.145. The van der Waals surface area contributed by atoms with E-state index in [2.05, 4.69) is 6.92 Å². The van der Waals surface area contributed by atoms with Crippen LogP contribution in [0.2, 0.25) is 0 Å². The Hall–Kier alpha value is -3.68. The van der Waals surface area contributed by atoms with Gasteiger partial charge in [-0.2, -0.15) is 0 Å². The van der Waals surface area contributed by atoms with E-state index in [1.807, 2.05) is 13.8 Å². The third kappa shape index (κ3) is 6.11.